The number of hydrogen-bond acceptors (Lipinski definition) is 5. The Morgan fingerprint density at radius 3 is 3.00 bits per heavy atom. The molecule has 27 heavy (non-hydrogen) atoms. The molecule has 1 aromatic carbocycles. The third-order valence-electron chi connectivity index (χ3n) is 4.84. The van der Waals surface area contributed by atoms with E-state index < -0.39 is 0 Å². The smallest absolute Gasteiger partial charge is 0.258 e. The third-order valence-corrected chi connectivity index (χ3v) is 6.55. The number of amides is 1. The monoisotopic (exact) mass is 399 g/mol. The van der Waals surface area contributed by atoms with Crippen LogP contribution in [0.4, 0.5) is 0 Å². The molecule has 3 aromatic rings. The van der Waals surface area contributed by atoms with Crippen LogP contribution in [0.1, 0.15) is 24.1 Å². The van der Waals surface area contributed by atoms with Crippen LogP contribution < -0.4 is 5.56 Å². The number of aromatic nitrogens is 2. The molecule has 0 aliphatic carbocycles. The summed E-state index contributed by atoms with van der Waals surface area (Å²) in [6.45, 7) is 0.845. The van der Waals surface area contributed by atoms with Crippen LogP contribution in [-0.2, 0) is 17.0 Å². The predicted molar refractivity (Wildman–Crippen MR) is 110 cm³/mol. The summed E-state index contributed by atoms with van der Waals surface area (Å²) in [5, 5.41) is 1.85. The Bertz CT molecular complexity index is 984. The lowest BCUT2D eigenvalue weighted by Gasteiger charge is -2.24. The lowest BCUT2D eigenvalue weighted by molar-refractivity contribution is -0.129. The summed E-state index contributed by atoms with van der Waals surface area (Å²) in [4.78, 5) is 32.0. The fourth-order valence-electron chi connectivity index (χ4n) is 3.55. The molecule has 1 aliphatic rings. The van der Waals surface area contributed by atoms with Gasteiger partial charge in [0.2, 0.25) is 5.91 Å². The van der Waals surface area contributed by atoms with Crippen LogP contribution in [-0.4, -0.2) is 38.5 Å². The lowest BCUT2D eigenvalue weighted by atomic mass is 10.0. The summed E-state index contributed by atoms with van der Waals surface area (Å²) in [5.41, 5.74) is 1.96. The molecule has 1 atom stereocenters. The second-order valence-corrected chi connectivity index (χ2v) is 8.57. The topological polar surface area (TPSA) is 54.7 Å². The van der Waals surface area contributed by atoms with Gasteiger partial charge >= 0.3 is 0 Å². The van der Waals surface area contributed by atoms with Gasteiger partial charge in [-0.3, -0.25) is 14.0 Å². The Morgan fingerprint density at radius 2 is 2.15 bits per heavy atom. The van der Waals surface area contributed by atoms with Gasteiger partial charge in [0.05, 0.1) is 11.4 Å². The molecule has 5 nitrogen and oxygen atoms in total. The number of thioether (sulfide) groups is 1. The molecule has 0 N–H and O–H groups in total. The maximum Gasteiger partial charge on any atom is 0.258 e. The molecular weight excluding hydrogens is 378 g/mol. The molecule has 0 radical (unpaired) electrons. The minimum absolute atomic E-state index is 0.0642. The number of hydrogen-bond donors (Lipinski definition) is 0. The van der Waals surface area contributed by atoms with E-state index in [1.807, 2.05) is 28.5 Å². The van der Waals surface area contributed by atoms with Crippen LogP contribution in [0.5, 0.6) is 0 Å². The first-order valence-electron chi connectivity index (χ1n) is 9.07. The SMILES string of the molecule is O=C(CSCc1cc(=O)n2ccsc2n1)N1CCCC1Cc1ccccc1. The molecule has 2 aromatic heterocycles. The van der Waals surface area contributed by atoms with Gasteiger partial charge in [0.25, 0.3) is 5.56 Å². The van der Waals surface area contributed by atoms with Crippen molar-refractivity contribution >= 4 is 34.0 Å². The summed E-state index contributed by atoms with van der Waals surface area (Å²) >= 11 is 2.98. The van der Waals surface area contributed by atoms with Crippen LogP contribution in [0, 0.1) is 0 Å². The fraction of sp³-hybridized carbons (Fsp3) is 0.350. The van der Waals surface area contributed by atoms with Gasteiger partial charge in [0.1, 0.15) is 0 Å². The minimum Gasteiger partial charge on any atom is -0.339 e. The molecular formula is C20H21N3O2S2. The molecule has 0 saturated carbocycles. The molecule has 1 aliphatic heterocycles. The zero-order valence-electron chi connectivity index (χ0n) is 14.9. The van der Waals surface area contributed by atoms with Crippen LogP contribution in [0.3, 0.4) is 0 Å². The lowest BCUT2D eigenvalue weighted by Crippen LogP contribution is -2.38. The van der Waals surface area contributed by atoms with Crippen molar-refractivity contribution in [3.05, 3.63) is 69.6 Å². The van der Waals surface area contributed by atoms with E-state index in [0.29, 0.717) is 22.5 Å². The molecule has 140 valence electrons. The van der Waals surface area contributed by atoms with Crippen LogP contribution in [0.25, 0.3) is 4.96 Å². The minimum atomic E-state index is -0.0642. The summed E-state index contributed by atoms with van der Waals surface area (Å²) in [6.07, 6.45) is 4.79. The zero-order valence-corrected chi connectivity index (χ0v) is 16.5. The average molecular weight is 400 g/mol. The van der Waals surface area contributed by atoms with Crippen molar-refractivity contribution < 1.29 is 4.79 Å². The Hall–Kier alpha value is -2.12. The number of carbonyl (C=O) groups is 1. The van der Waals surface area contributed by atoms with E-state index in [1.165, 1.54) is 28.7 Å². The van der Waals surface area contributed by atoms with Gasteiger partial charge in [0.15, 0.2) is 4.96 Å². The Labute approximate surface area is 166 Å². The van der Waals surface area contributed by atoms with Gasteiger partial charge in [-0.1, -0.05) is 30.3 Å². The molecule has 3 heterocycles. The highest BCUT2D eigenvalue weighted by Crippen LogP contribution is 2.23. The second-order valence-electron chi connectivity index (χ2n) is 6.71. The first-order valence-corrected chi connectivity index (χ1v) is 11.1. The first-order chi connectivity index (χ1) is 13.2. The Morgan fingerprint density at radius 1 is 1.30 bits per heavy atom. The maximum atomic E-state index is 12.7. The number of rotatable bonds is 6. The average Bonchev–Trinajstić information content (AvgIpc) is 3.32. The number of carbonyl (C=O) groups excluding carboxylic acids is 1. The predicted octanol–water partition coefficient (Wildman–Crippen LogP) is 3.22. The van der Waals surface area contributed by atoms with E-state index in [0.717, 1.165) is 31.5 Å². The van der Waals surface area contributed by atoms with E-state index in [-0.39, 0.29) is 11.5 Å². The number of nitrogens with zero attached hydrogens (tertiary/aromatic N) is 3. The molecule has 0 spiro atoms. The highest BCUT2D eigenvalue weighted by atomic mass is 32.2. The van der Waals surface area contributed by atoms with Crippen molar-refractivity contribution in [1.82, 2.24) is 14.3 Å². The van der Waals surface area contributed by atoms with Crippen LogP contribution in [0.15, 0.2) is 52.8 Å². The van der Waals surface area contributed by atoms with Gasteiger partial charge in [0, 0.05) is 36.0 Å². The normalized spacial score (nSPS) is 16.9. The van der Waals surface area contributed by atoms with E-state index in [2.05, 4.69) is 17.1 Å². The van der Waals surface area contributed by atoms with Crippen molar-refractivity contribution in [1.29, 1.82) is 0 Å². The Balaban J connectivity index is 1.33. The number of likely N-dealkylation sites (tertiary alicyclic amines) is 1. The van der Waals surface area contributed by atoms with Crippen molar-refractivity contribution in [2.24, 2.45) is 0 Å². The number of fused-ring (bicyclic) bond motifs is 1. The summed E-state index contributed by atoms with van der Waals surface area (Å²) in [6, 6.07) is 12.2. The summed E-state index contributed by atoms with van der Waals surface area (Å²) in [7, 11) is 0. The maximum absolute atomic E-state index is 12.7. The largest absolute Gasteiger partial charge is 0.339 e. The Kier molecular flexibility index (Phi) is 5.59. The van der Waals surface area contributed by atoms with Crippen molar-refractivity contribution in [2.75, 3.05) is 12.3 Å². The summed E-state index contributed by atoms with van der Waals surface area (Å²) in [5.74, 6) is 1.19. The molecule has 1 saturated heterocycles. The first kappa shape index (κ1) is 18.3. The van der Waals surface area contributed by atoms with E-state index in [9.17, 15) is 9.59 Å². The fourth-order valence-corrected chi connectivity index (χ4v) is 5.09. The van der Waals surface area contributed by atoms with E-state index in [4.69, 9.17) is 0 Å². The van der Waals surface area contributed by atoms with Gasteiger partial charge in [-0.05, 0) is 24.8 Å². The van der Waals surface area contributed by atoms with Crippen molar-refractivity contribution in [3.8, 4) is 0 Å². The molecule has 7 heteroatoms. The van der Waals surface area contributed by atoms with Crippen LogP contribution in [0.2, 0.25) is 0 Å². The third kappa shape index (κ3) is 4.25. The number of thiazole rings is 1. The van der Waals surface area contributed by atoms with Gasteiger partial charge in [-0.25, -0.2) is 4.98 Å². The summed E-state index contributed by atoms with van der Waals surface area (Å²) < 4.78 is 1.54. The van der Waals surface area contributed by atoms with Crippen LogP contribution >= 0.6 is 23.1 Å². The molecule has 1 unspecified atom stereocenters. The zero-order chi connectivity index (χ0) is 18.6. The molecule has 1 amide bonds. The number of benzene rings is 1. The van der Waals surface area contributed by atoms with E-state index in [1.54, 1.807) is 16.7 Å². The van der Waals surface area contributed by atoms with Gasteiger partial charge < -0.3 is 4.90 Å². The van der Waals surface area contributed by atoms with Gasteiger partial charge in [-0.15, -0.1) is 23.1 Å². The quantitative estimate of drug-likeness (QED) is 0.639. The standard InChI is InChI=1S/C20H21N3O2S2/c24-18-12-16(21-20-23(18)9-10-27-20)13-26-14-19(25)22-8-4-7-17(22)11-15-5-2-1-3-6-15/h1-3,5-6,9-10,12,17H,4,7-8,11,13-14H2. The second kappa shape index (κ2) is 8.27. The highest BCUT2D eigenvalue weighted by Gasteiger charge is 2.28. The molecule has 0 bridgehead atoms. The molecule has 1 fully saturated rings. The van der Waals surface area contributed by atoms with Gasteiger partial charge in [-0.2, -0.15) is 0 Å². The van der Waals surface area contributed by atoms with Crippen molar-refractivity contribution in [2.45, 2.75) is 31.1 Å². The highest BCUT2D eigenvalue weighted by molar-refractivity contribution is 7.99. The molecule has 4 rings (SSSR count). The van der Waals surface area contributed by atoms with Crippen molar-refractivity contribution in [3.63, 3.8) is 0 Å². The van der Waals surface area contributed by atoms with E-state index >= 15 is 0 Å².